The first kappa shape index (κ1) is 20.9. The Hall–Kier alpha value is -2.33. The Kier molecular flexibility index (Phi) is 5.88. The Morgan fingerprint density at radius 1 is 1.37 bits per heavy atom. The van der Waals surface area contributed by atoms with Crippen LogP contribution in [0.2, 0.25) is 5.02 Å². The van der Waals surface area contributed by atoms with Crippen molar-refractivity contribution < 1.29 is 18.0 Å². The Bertz CT molecular complexity index is 1100. The van der Waals surface area contributed by atoms with Crippen LogP contribution in [0, 0.1) is 5.82 Å². The number of hydrogen-bond acceptors (Lipinski definition) is 3. The Balaban J connectivity index is 1.43. The molecule has 0 radical (unpaired) electrons. The SMILES string of the molecule is O=C(Cn1nc(C(F)F)c(Br)c1C1CC1)Nc1cnn(Cc2ccc(F)cc2Cl)c1. The minimum Gasteiger partial charge on any atom is -0.322 e. The van der Waals surface area contributed by atoms with E-state index in [0.29, 0.717) is 23.5 Å². The summed E-state index contributed by atoms with van der Waals surface area (Å²) < 4.78 is 42.7. The maximum atomic E-state index is 13.2. The van der Waals surface area contributed by atoms with Gasteiger partial charge in [-0.15, -0.1) is 0 Å². The molecule has 1 amide bonds. The lowest BCUT2D eigenvalue weighted by Crippen LogP contribution is -2.20. The van der Waals surface area contributed by atoms with Crippen molar-refractivity contribution in [3.8, 4) is 0 Å². The number of carbonyl (C=O) groups is 1. The highest BCUT2D eigenvalue weighted by Crippen LogP contribution is 2.45. The third kappa shape index (κ3) is 4.54. The molecule has 1 aromatic carbocycles. The van der Waals surface area contributed by atoms with E-state index in [4.69, 9.17) is 11.6 Å². The predicted octanol–water partition coefficient (Wildman–Crippen LogP) is 5.14. The molecule has 2 heterocycles. The zero-order valence-corrected chi connectivity index (χ0v) is 17.8. The molecule has 3 aromatic rings. The van der Waals surface area contributed by atoms with E-state index in [0.717, 1.165) is 12.8 Å². The van der Waals surface area contributed by atoms with Gasteiger partial charge in [-0.1, -0.05) is 17.7 Å². The van der Waals surface area contributed by atoms with Gasteiger partial charge in [0.25, 0.3) is 6.43 Å². The van der Waals surface area contributed by atoms with Crippen molar-refractivity contribution in [2.24, 2.45) is 0 Å². The molecule has 6 nitrogen and oxygen atoms in total. The molecule has 0 aliphatic heterocycles. The molecule has 158 valence electrons. The summed E-state index contributed by atoms with van der Waals surface area (Å²) in [6.07, 6.45) is 2.10. The van der Waals surface area contributed by atoms with E-state index in [-0.39, 0.29) is 27.7 Å². The number of hydrogen-bond donors (Lipinski definition) is 1. The lowest BCUT2D eigenvalue weighted by Gasteiger charge is -2.07. The van der Waals surface area contributed by atoms with Crippen molar-refractivity contribution in [3.63, 3.8) is 0 Å². The average molecular weight is 503 g/mol. The van der Waals surface area contributed by atoms with Crippen LogP contribution in [0.5, 0.6) is 0 Å². The Morgan fingerprint density at radius 3 is 2.80 bits per heavy atom. The van der Waals surface area contributed by atoms with Crippen LogP contribution in [-0.4, -0.2) is 25.5 Å². The van der Waals surface area contributed by atoms with Gasteiger partial charge in [0.15, 0.2) is 0 Å². The second-order valence-corrected chi connectivity index (χ2v) is 8.23. The highest BCUT2D eigenvalue weighted by Gasteiger charge is 2.34. The van der Waals surface area contributed by atoms with Gasteiger partial charge < -0.3 is 5.32 Å². The zero-order chi connectivity index (χ0) is 21.4. The number of nitrogens with one attached hydrogen (secondary N) is 1. The molecule has 1 aliphatic rings. The molecule has 1 aliphatic carbocycles. The largest absolute Gasteiger partial charge is 0.322 e. The van der Waals surface area contributed by atoms with E-state index in [2.05, 4.69) is 31.4 Å². The highest BCUT2D eigenvalue weighted by molar-refractivity contribution is 9.10. The lowest BCUT2D eigenvalue weighted by atomic mass is 10.2. The van der Waals surface area contributed by atoms with Gasteiger partial charge >= 0.3 is 0 Å². The molecule has 1 N–H and O–H groups in total. The third-order valence-corrected chi connectivity index (χ3v) is 5.85. The number of anilines is 1. The highest BCUT2D eigenvalue weighted by atomic mass is 79.9. The summed E-state index contributed by atoms with van der Waals surface area (Å²) in [5.74, 6) is -0.703. The topological polar surface area (TPSA) is 64.7 Å². The van der Waals surface area contributed by atoms with E-state index in [1.165, 1.54) is 23.0 Å². The van der Waals surface area contributed by atoms with Gasteiger partial charge in [0.2, 0.25) is 5.91 Å². The standard InChI is InChI=1S/C19H16BrClF3N5O/c20-16-17(19(23)24)27-29(18(16)10-1-2-10)9-15(30)26-13-6-25-28(8-13)7-11-3-4-12(22)5-14(11)21/h3-6,8,10,19H,1-2,7,9H2,(H,26,30). The van der Waals surface area contributed by atoms with Crippen molar-refractivity contribution in [1.82, 2.24) is 19.6 Å². The number of rotatable bonds is 7. The molecule has 1 saturated carbocycles. The molecule has 0 bridgehead atoms. The first-order chi connectivity index (χ1) is 14.3. The van der Waals surface area contributed by atoms with Gasteiger partial charge in [-0.3, -0.25) is 14.2 Å². The van der Waals surface area contributed by atoms with Gasteiger partial charge in [-0.05, 0) is 46.5 Å². The smallest absolute Gasteiger partial charge is 0.283 e. The summed E-state index contributed by atoms with van der Waals surface area (Å²) >= 11 is 9.23. The number of amides is 1. The van der Waals surface area contributed by atoms with Crippen molar-refractivity contribution in [1.29, 1.82) is 0 Å². The molecular formula is C19H16BrClF3N5O. The molecule has 0 atom stereocenters. The van der Waals surface area contributed by atoms with Crippen molar-refractivity contribution in [2.75, 3.05) is 5.32 Å². The summed E-state index contributed by atoms with van der Waals surface area (Å²) in [6.45, 7) is 0.108. The fourth-order valence-electron chi connectivity index (χ4n) is 3.15. The Morgan fingerprint density at radius 2 is 2.13 bits per heavy atom. The van der Waals surface area contributed by atoms with E-state index in [1.807, 2.05) is 0 Å². The number of alkyl halides is 2. The van der Waals surface area contributed by atoms with Crippen LogP contribution in [-0.2, 0) is 17.9 Å². The zero-order valence-electron chi connectivity index (χ0n) is 15.5. The molecule has 4 rings (SSSR count). The second kappa shape index (κ2) is 8.43. The van der Waals surface area contributed by atoms with Crippen LogP contribution in [0.1, 0.15) is 42.1 Å². The van der Waals surface area contributed by atoms with Gasteiger partial charge in [-0.25, -0.2) is 13.2 Å². The van der Waals surface area contributed by atoms with E-state index < -0.39 is 18.1 Å². The van der Waals surface area contributed by atoms with Crippen LogP contribution in [0.15, 0.2) is 35.1 Å². The fourth-order valence-corrected chi connectivity index (χ4v) is 4.16. The summed E-state index contributed by atoms with van der Waals surface area (Å²) in [5.41, 5.74) is 1.39. The predicted molar refractivity (Wildman–Crippen MR) is 108 cm³/mol. The molecule has 1 fully saturated rings. The van der Waals surface area contributed by atoms with Crippen molar-refractivity contribution >= 4 is 39.1 Å². The molecule has 0 spiro atoms. The molecule has 2 aromatic heterocycles. The number of aromatic nitrogens is 4. The van der Waals surface area contributed by atoms with Crippen molar-refractivity contribution in [2.45, 2.75) is 38.3 Å². The summed E-state index contributed by atoms with van der Waals surface area (Å²) in [4.78, 5) is 12.5. The van der Waals surface area contributed by atoms with Crippen LogP contribution >= 0.6 is 27.5 Å². The minimum absolute atomic E-state index is 0.135. The maximum Gasteiger partial charge on any atom is 0.283 e. The number of benzene rings is 1. The first-order valence-corrected chi connectivity index (χ1v) is 10.3. The molecule has 0 saturated heterocycles. The molecule has 0 unspecified atom stereocenters. The number of carbonyl (C=O) groups excluding carboxylic acids is 1. The summed E-state index contributed by atoms with van der Waals surface area (Å²) in [6, 6.07) is 4.09. The fraction of sp³-hybridized carbons (Fsp3) is 0.316. The second-order valence-electron chi connectivity index (χ2n) is 7.03. The van der Waals surface area contributed by atoms with Crippen LogP contribution < -0.4 is 5.32 Å². The number of nitrogens with zero attached hydrogens (tertiary/aromatic N) is 4. The molecular weight excluding hydrogens is 487 g/mol. The van der Waals surface area contributed by atoms with Gasteiger partial charge in [0.1, 0.15) is 18.1 Å². The van der Waals surface area contributed by atoms with E-state index in [9.17, 15) is 18.0 Å². The van der Waals surface area contributed by atoms with E-state index >= 15 is 0 Å². The van der Waals surface area contributed by atoms with E-state index in [1.54, 1.807) is 16.9 Å². The first-order valence-electron chi connectivity index (χ1n) is 9.12. The molecule has 30 heavy (non-hydrogen) atoms. The number of halogens is 5. The van der Waals surface area contributed by atoms with Gasteiger partial charge in [-0.2, -0.15) is 10.2 Å². The summed E-state index contributed by atoms with van der Waals surface area (Å²) in [5, 5.41) is 11.0. The third-order valence-electron chi connectivity index (χ3n) is 4.68. The monoisotopic (exact) mass is 501 g/mol. The van der Waals surface area contributed by atoms with Gasteiger partial charge in [0.05, 0.1) is 28.6 Å². The van der Waals surface area contributed by atoms with Crippen LogP contribution in [0.25, 0.3) is 0 Å². The lowest BCUT2D eigenvalue weighted by molar-refractivity contribution is -0.117. The molecule has 11 heteroatoms. The van der Waals surface area contributed by atoms with Gasteiger partial charge in [0, 0.05) is 17.1 Å². The normalized spacial score (nSPS) is 13.8. The van der Waals surface area contributed by atoms with Crippen molar-refractivity contribution in [3.05, 3.63) is 62.9 Å². The van der Waals surface area contributed by atoms with Crippen LogP contribution in [0.3, 0.4) is 0 Å². The quantitative estimate of drug-likeness (QED) is 0.487. The van der Waals surface area contributed by atoms with Crippen LogP contribution in [0.4, 0.5) is 18.9 Å². The summed E-state index contributed by atoms with van der Waals surface area (Å²) in [7, 11) is 0. The average Bonchev–Trinajstić information content (AvgIpc) is 3.32. The Labute approximate surface area is 183 Å². The minimum atomic E-state index is -2.72. The maximum absolute atomic E-state index is 13.2.